The Kier molecular flexibility index (Phi) is 5.40. The van der Waals surface area contributed by atoms with Gasteiger partial charge < -0.3 is 5.32 Å². The lowest BCUT2D eigenvalue weighted by atomic mass is 10.1. The van der Waals surface area contributed by atoms with Crippen LogP contribution in [0, 0.1) is 0 Å². The maximum atomic E-state index is 12.7. The fourth-order valence-corrected chi connectivity index (χ4v) is 6.37. The molecule has 162 valence electrons. The topological polar surface area (TPSA) is 79.4 Å². The summed E-state index contributed by atoms with van der Waals surface area (Å²) >= 11 is 1.69. The summed E-state index contributed by atoms with van der Waals surface area (Å²) in [6, 6.07) is 22.5. The molecule has 0 radical (unpaired) electrons. The molecule has 1 amide bonds. The fraction of sp³-hybridized carbons (Fsp3) is 0.167. The highest BCUT2D eigenvalue weighted by Crippen LogP contribution is 2.26. The molecule has 1 aliphatic rings. The number of fused-ring (bicyclic) bond motifs is 1. The number of anilines is 2. The number of thiazole rings is 1. The van der Waals surface area contributed by atoms with Crippen molar-refractivity contribution < 1.29 is 13.2 Å². The fourth-order valence-electron chi connectivity index (χ4n) is 3.81. The smallest absolute Gasteiger partial charge is 0.255 e. The molecule has 0 saturated carbocycles. The van der Waals surface area contributed by atoms with Crippen LogP contribution in [0.3, 0.4) is 0 Å². The monoisotopic (exact) mass is 463 g/mol. The predicted molar refractivity (Wildman–Crippen MR) is 129 cm³/mol. The molecular formula is C24H21N3O3S2. The molecule has 5 rings (SSSR count). The van der Waals surface area contributed by atoms with E-state index in [0.29, 0.717) is 29.9 Å². The van der Waals surface area contributed by atoms with E-state index in [-0.39, 0.29) is 11.7 Å². The van der Waals surface area contributed by atoms with Crippen molar-refractivity contribution in [2.24, 2.45) is 0 Å². The number of nitrogens with zero attached hydrogens (tertiary/aromatic N) is 2. The number of hydrogen-bond acceptors (Lipinski definition) is 5. The first-order valence-corrected chi connectivity index (χ1v) is 12.8. The number of amides is 1. The molecule has 1 saturated heterocycles. The van der Waals surface area contributed by atoms with Crippen molar-refractivity contribution >= 4 is 48.9 Å². The van der Waals surface area contributed by atoms with E-state index < -0.39 is 10.0 Å². The number of hydrogen-bond donors (Lipinski definition) is 1. The Morgan fingerprint density at radius 2 is 1.84 bits per heavy atom. The summed E-state index contributed by atoms with van der Waals surface area (Å²) in [6.07, 6.45) is 1.34. The van der Waals surface area contributed by atoms with E-state index >= 15 is 0 Å². The van der Waals surface area contributed by atoms with Crippen LogP contribution in [0.1, 0.15) is 27.3 Å². The normalized spacial score (nSPS) is 15.2. The van der Waals surface area contributed by atoms with E-state index in [1.54, 1.807) is 35.6 Å². The molecular weight excluding hydrogens is 442 g/mol. The molecule has 3 aromatic carbocycles. The number of nitrogens with one attached hydrogen (secondary N) is 1. The van der Waals surface area contributed by atoms with Crippen LogP contribution in [0.2, 0.25) is 0 Å². The summed E-state index contributed by atoms with van der Waals surface area (Å²) in [5.74, 6) is -0.130. The maximum Gasteiger partial charge on any atom is 0.255 e. The van der Waals surface area contributed by atoms with Gasteiger partial charge in [0, 0.05) is 24.2 Å². The summed E-state index contributed by atoms with van der Waals surface area (Å²) < 4.78 is 26.9. The van der Waals surface area contributed by atoms with Crippen LogP contribution in [0.4, 0.5) is 11.4 Å². The van der Waals surface area contributed by atoms with Crippen molar-refractivity contribution in [3.8, 4) is 0 Å². The molecule has 1 fully saturated rings. The van der Waals surface area contributed by atoms with E-state index in [2.05, 4.69) is 16.4 Å². The molecule has 32 heavy (non-hydrogen) atoms. The second-order valence-corrected chi connectivity index (χ2v) is 10.8. The van der Waals surface area contributed by atoms with Crippen LogP contribution >= 0.6 is 11.3 Å². The van der Waals surface area contributed by atoms with Crippen LogP contribution in [0.25, 0.3) is 10.2 Å². The number of carbonyl (C=O) groups is 1. The van der Waals surface area contributed by atoms with Gasteiger partial charge in [0.05, 0.1) is 26.7 Å². The number of benzene rings is 3. The zero-order valence-corrected chi connectivity index (χ0v) is 18.8. The van der Waals surface area contributed by atoms with Gasteiger partial charge in [-0.3, -0.25) is 9.10 Å². The third kappa shape index (κ3) is 4.24. The molecule has 0 bridgehead atoms. The Bertz CT molecular complexity index is 1360. The predicted octanol–water partition coefficient (Wildman–Crippen LogP) is 4.68. The molecule has 0 unspecified atom stereocenters. The zero-order valence-electron chi connectivity index (χ0n) is 17.2. The van der Waals surface area contributed by atoms with E-state index in [4.69, 9.17) is 0 Å². The number of carbonyl (C=O) groups excluding carboxylic acids is 1. The lowest BCUT2D eigenvalue weighted by Gasteiger charge is -2.17. The SMILES string of the molecule is O=C(Nc1ccc(Cc2nc3ccccc3s2)cc1)c1cccc(N2CCCS2(=O)=O)c1. The van der Waals surface area contributed by atoms with E-state index in [1.807, 2.05) is 42.5 Å². The second-order valence-electron chi connectivity index (χ2n) is 7.70. The van der Waals surface area contributed by atoms with Gasteiger partial charge in [0.15, 0.2) is 0 Å². The molecule has 8 heteroatoms. The van der Waals surface area contributed by atoms with Gasteiger partial charge >= 0.3 is 0 Å². The van der Waals surface area contributed by atoms with Gasteiger partial charge in [0.2, 0.25) is 10.0 Å². The summed E-state index contributed by atoms with van der Waals surface area (Å²) in [5, 5.41) is 3.94. The molecule has 1 aromatic heterocycles. The van der Waals surface area contributed by atoms with E-state index in [0.717, 1.165) is 22.5 Å². The standard InChI is InChI=1S/C24H21N3O3S2/c28-24(18-5-3-6-20(16-18)27-13-4-14-32(27,29)30)25-19-11-9-17(10-12-19)15-23-26-21-7-1-2-8-22(21)31-23/h1-3,5-12,16H,4,13-15H2,(H,25,28). The van der Waals surface area contributed by atoms with Gasteiger partial charge in [-0.1, -0.05) is 30.3 Å². The molecule has 0 spiro atoms. The van der Waals surface area contributed by atoms with Crippen molar-refractivity contribution in [1.29, 1.82) is 0 Å². The molecule has 0 aliphatic carbocycles. The number of para-hydroxylation sites is 1. The van der Waals surface area contributed by atoms with Gasteiger partial charge in [-0.15, -0.1) is 11.3 Å². The van der Waals surface area contributed by atoms with Gasteiger partial charge in [0.1, 0.15) is 0 Å². The van der Waals surface area contributed by atoms with E-state index in [9.17, 15) is 13.2 Å². The summed E-state index contributed by atoms with van der Waals surface area (Å²) in [4.78, 5) is 17.4. The first-order chi connectivity index (χ1) is 15.5. The maximum absolute atomic E-state index is 12.7. The number of sulfonamides is 1. The van der Waals surface area contributed by atoms with Crippen molar-refractivity contribution in [2.45, 2.75) is 12.8 Å². The zero-order chi connectivity index (χ0) is 22.1. The van der Waals surface area contributed by atoms with Gasteiger partial charge in [-0.25, -0.2) is 13.4 Å². The summed E-state index contributed by atoms with van der Waals surface area (Å²) in [5.41, 5.74) is 3.76. The first kappa shape index (κ1) is 20.7. The highest BCUT2D eigenvalue weighted by atomic mass is 32.2. The van der Waals surface area contributed by atoms with Gasteiger partial charge in [-0.05, 0) is 54.4 Å². The van der Waals surface area contributed by atoms with Crippen molar-refractivity contribution in [1.82, 2.24) is 4.98 Å². The lowest BCUT2D eigenvalue weighted by Crippen LogP contribution is -2.25. The highest BCUT2D eigenvalue weighted by molar-refractivity contribution is 7.93. The van der Waals surface area contributed by atoms with E-state index in [1.165, 1.54) is 9.01 Å². The summed E-state index contributed by atoms with van der Waals surface area (Å²) in [6.45, 7) is 0.448. The van der Waals surface area contributed by atoms with Crippen LogP contribution in [0.5, 0.6) is 0 Å². The quantitative estimate of drug-likeness (QED) is 0.466. The third-order valence-corrected chi connectivity index (χ3v) is 8.31. The molecule has 0 atom stereocenters. The Balaban J connectivity index is 1.27. The molecule has 4 aromatic rings. The second kappa shape index (κ2) is 8.37. The minimum absolute atomic E-state index is 0.146. The minimum Gasteiger partial charge on any atom is -0.322 e. The Morgan fingerprint density at radius 3 is 2.59 bits per heavy atom. The average Bonchev–Trinajstić information content (AvgIpc) is 3.36. The van der Waals surface area contributed by atoms with Crippen LogP contribution in [-0.4, -0.2) is 31.6 Å². The molecule has 1 aliphatic heterocycles. The number of rotatable bonds is 5. The van der Waals surface area contributed by atoms with Gasteiger partial charge in [0.25, 0.3) is 5.91 Å². The van der Waals surface area contributed by atoms with Crippen LogP contribution < -0.4 is 9.62 Å². The first-order valence-electron chi connectivity index (χ1n) is 10.3. The Hall–Kier alpha value is -3.23. The number of aromatic nitrogens is 1. The Labute approximate surface area is 190 Å². The highest BCUT2D eigenvalue weighted by Gasteiger charge is 2.28. The average molecular weight is 464 g/mol. The van der Waals surface area contributed by atoms with Gasteiger partial charge in [-0.2, -0.15) is 0 Å². The van der Waals surface area contributed by atoms with Crippen LogP contribution in [0.15, 0.2) is 72.8 Å². The third-order valence-electron chi connectivity index (χ3n) is 5.40. The molecule has 6 nitrogen and oxygen atoms in total. The van der Waals surface area contributed by atoms with Crippen molar-refractivity contribution in [3.05, 3.63) is 88.9 Å². The van der Waals surface area contributed by atoms with Crippen molar-refractivity contribution in [2.75, 3.05) is 21.9 Å². The molecule has 1 N–H and O–H groups in total. The largest absolute Gasteiger partial charge is 0.322 e. The van der Waals surface area contributed by atoms with Crippen molar-refractivity contribution in [3.63, 3.8) is 0 Å². The minimum atomic E-state index is -3.28. The Morgan fingerprint density at radius 1 is 1.03 bits per heavy atom. The van der Waals surface area contributed by atoms with Crippen LogP contribution in [-0.2, 0) is 16.4 Å². The summed E-state index contributed by atoms with van der Waals surface area (Å²) in [7, 11) is -3.28. The lowest BCUT2D eigenvalue weighted by molar-refractivity contribution is 0.102. The molecule has 2 heterocycles.